The summed E-state index contributed by atoms with van der Waals surface area (Å²) in [5.74, 6) is 1.54. The molecule has 30 heavy (non-hydrogen) atoms. The Morgan fingerprint density at radius 1 is 1.27 bits per heavy atom. The van der Waals surface area contributed by atoms with Crippen LogP contribution in [0.4, 0.5) is 10.6 Å². The molecule has 2 aromatic heterocycles. The van der Waals surface area contributed by atoms with Crippen LogP contribution < -0.4 is 5.32 Å². The Kier molecular flexibility index (Phi) is 5.51. The number of ether oxygens (including phenoxy) is 1. The summed E-state index contributed by atoms with van der Waals surface area (Å²) in [6.45, 7) is 7.11. The van der Waals surface area contributed by atoms with E-state index in [1.807, 2.05) is 45.0 Å². The number of anilines is 1. The van der Waals surface area contributed by atoms with Gasteiger partial charge in [-0.25, -0.2) is 19.7 Å². The van der Waals surface area contributed by atoms with Crippen LogP contribution in [0.15, 0.2) is 24.3 Å². The van der Waals surface area contributed by atoms with Crippen LogP contribution in [0.1, 0.15) is 37.9 Å². The van der Waals surface area contributed by atoms with Gasteiger partial charge in [0.25, 0.3) is 0 Å². The average Bonchev–Trinajstić information content (AvgIpc) is 3.09. The second kappa shape index (κ2) is 8.10. The fourth-order valence-corrected chi connectivity index (χ4v) is 3.62. The summed E-state index contributed by atoms with van der Waals surface area (Å²) >= 11 is 6.13. The van der Waals surface area contributed by atoms with Gasteiger partial charge in [0, 0.05) is 31.5 Å². The van der Waals surface area contributed by atoms with E-state index in [-0.39, 0.29) is 11.4 Å². The number of aromatic nitrogens is 4. The smallest absolute Gasteiger partial charge is 0.410 e. The average molecular weight is 429 g/mol. The first kappa shape index (κ1) is 20.4. The minimum absolute atomic E-state index is 0.200. The quantitative estimate of drug-likeness (QED) is 0.611. The van der Waals surface area contributed by atoms with Crippen molar-refractivity contribution in [2.75, 3.05) is 18.4 Å². The van der Waals surface area contributed by atoms with E-state index in [0.29, 0.717) is 38.3 Å². The first-order valence-electron chi connectivity index (χ1n) is 9.99. The number of imidazole rings is 1. The molecule has 0 radical (unpaired) electrons. The standard InChI is InChI=1S/C21H25ClN6O2/c1-21(2,3)30-20(29)28-11-9-14-13(12-28)18(27-19(22)26-14)23-10-8-17-24-15-6-4-5-7-16(15)25-17/h4-7H,8-12H2,1-3H3,(H,24,25)(H,23,26,27). The molecule has 0 saturated carbocycles. The summed E-state index contributed by atoms with van der Waals surface area (Å²) in [5, 5.41) is 3.54. The highest BCUT2D eigenvalue weighted by atomic mass is 35.5. The van der Waals surface area contributed by atoms with Crippen LogP contribution >= 0.6 is 11.6 Å². The maximum Gasteiger partial charge on any atom is 0.410 e. The molecule has 1 aliphatic rings. The number of amides is 1. The zero-order chi connectivity index (χ0) is 21.3. The number of para-hydroxylation sites is 2. The molecule has 8 nitrogen and oxygen atoms in total. The zero-order valence-electron chi connectivity index (χ0n) is 17.3. The molecule has 0 bridgehead atoms. The molecule has 158 valence electrons. The number of halogens is 1. The summed E-state index contributed by atoms with van der Waals surface area (Å²) in [6, 6.07) is 7.94. The number of nitrogens with one attached hydrogen (secondary N) is 2. The van der Waals surface area contributed by atoms with E-state index in [4.69, 9.17) is 16.3 Å². The van der Waals surface area contributed by atoms with Crippen molar-refractivity contribution in [2.45, 2.75) is 45.8 Å². The molecule has 1 aliphatic heterocycles. The molecule has 2 N–H and O–H groups in total. The third-order valence-electron chi connectivity index (χ3n) is 4.78. The number of H-pyrrole nitrogens is 1. The zero-order valence-corrected chi connectivity index (χ0v) is 18.1. The largest absolute Gasteiger partial charge is 0.444 e. The van der Waals surface area contributed by atoms with Crippen molar-refractivity contribution in [1.29, 1.82) is 0 Å². The third-order valence-corrected chi connectivity index (χ3v) is 4.95. The number of carbonyl (C=O) groups is 1. The van der Waals surface area contributed by atoms with E-state index in [0.717, 1.165) is 28.1 Å². The van der Waals surface area contributed by atoms with E-state index in [1.165, 1.54) is 0 Å². The van der Waals surface area contributed by atoms with Gasteiger partial charge in [0.15, 0.2) is 0 Å². The van der Waals surface area contributed by atoms with E-state index < -0.39 is 5.60 Å². The lowest BCUT2D eigenvalue weighted by Gasteiger charge is -2.31. The summed E-state index contributed by atoms with van der Waals surface area (Å²) in [7, 11) is 0. The molecule has 1 aromatic carbocycles. The summed E-state index contributed by atoms with van der Waals surface area (Å²) < 4.78 is 5.51. The molecule has 3 aromatic rings. The number of rotatable bonds is 4. The predicted molar refractivity (Wildman–Crippen MR) is 116 cm³/mol. The molecule has 0 aliphatic carbocycles. The first-order chi connectivity index (χ1) is 14.3. The fourth-order valence-electron chi connectivity index (χ4n) is 3.44. The van der Waals surface area contributed by atoms with Crippen molar-refractivity contribution in [2.24, 2.45) is 0 Å². The van der Waals surface area contributed by atoms with Crippen molar-refractivity contribution in [1.82, 2.24) is 24.8 Å². The maximum absolute atomic E-state index is 12.5. The Morgan fingerprint density at radius 3 is 2.83 bits per heavy atom. The van der Waals surface area contributed by atoms with Gasteiger partial charge in [-0.1, -0.05) is 12.1 Å². The molecule has 4 rings (SSSR count). The lowest BCUT2D eigenvalue weighted by molar-refractivity contribution is 0.0223. The van der Waals surface area contributed by atoms with Gasteiger partial charge in [-0.2, -0.15) is 0 Å². The van der Waals surface area contributed by atoms with Crippen molar-refractivity contribution < 1.29 is 9.53 Å². The monoisotopic (exact) mass is 428 g/mol. The highest BCUT2D eigenvalue weighted by Crippen LogP contribution is 2.26. The summed E-state index contributed by atoms with van der Waals surface area (Å²) in [6.07, 6.45) is 0.965. The van der Waals surface area contributed by atoms with E-state index in [9.17, 15) is 4.79 Å². The lowest BCUT2D eigenvalue weighted by atomic mass is 10.1. The SMILES string of the molecule is CC(C)(C)OC(=O)N1CCc2nc(Cl)nc(NCCc3nc4ccccc4[nH]3)c2C1. The fraction of sp³-hybridized carbons (Fsp3) is 0.429. The number of fused-ring (bicyclic) bond motifs is 2. The molecule has 0 fully saturated rings. The van der Waals surface area contributed by atoms with Gasteiger partial charge in [-0.15, -0.1) is 0 Å². The Labute approximate surface area is 180 Å². The van der Waals surface area contributed by atoms with Gasteiger partial charge in [-0.05, 0) is 44.5 Å². The molecule has 0 unspecified atom stereocenters. The number of hydrogen-bond donors (Lipinski definition) is 2. The van der Waals surface area contributed by atoms with E-state index in [1.54, 1.807) is 4.90 Å². The van der Waals surface area contributed by atoms with E-state index >= 15 is 0 Å². The molecular formula is C21H25ClN6O2. The second-order valence-electron chi connectivity index (χ2n) is 8.30. The summed E-state index contributed by atoms with van der Waals surface area (Å²) in [4.78, 5) is 30.8. The van der Waals surface area contributed by atoms with Crippen molar-refractivity contribution in [3.63, 3.8) is 0 Å². The van der Waals surface area contributed by atoms with Gasteiger partial charge in [0.2, 0.25) is 5.28 Å². The molecule has 0 atom stereocenters. The van der Waals surface area contributed by atoms with Gasteiger partial charge < -0.3 is 19.9 Å². The number of benzene rings is 1. The first-order valence-corrected chi connectivity index (χ1v) is 10.4. The molecule has 1 amide bonds. The molecule has 3 heterocycles. The lowest BCUT2D eigenvalue weighted by Crippen LogP contribution is -2.40. The Morgan fingerprint density at radius 2 is 2.07 bits per heavy atom. The Balaban J connectivity index is 1.46. The normalized spacial score (nSPS) is 13.9. The minimum atomic E-state index is -0.540. The topological polar surface area (TPSA) is 96.0 Å². The third kappa shape index (κ3) is 4.64. The van der Waals surface area contributed by atoms with Gasteiger partial charge in [0.05, 0.1) is 23.3 Å². The minimum Gasteiger partial charge on any atom is -0.444 e. The summed E-state index contributed by atoms with van der Waals surface area (Å²) in [5.41, 5.74) is 3.16. The second-order valence-corrected chi connectivity index (χ2v) is 8.63. The molecule has 0 saturated heterocycles. The van der Waals surface area contributed by atoms with Crippen molar-refractivity contribution >= 4 is 34.5 Å². The van der Waals surface area contributed by atoms with E-state index in [2.05, 4.69) is 25.3 Å². The van der Waals surface area contributed by atoms with Gasteiger partial charge in [0.1, 0.15) is 17.2 Å². The van der Waals surface area contributed by atoms with Crippen molar-refractivity contribution in [3.8, 4) is 0 Å². The number of carbonyl (C=O) groups excluding carboxylic acids is 1. The molecule has 9 heteroatoms. The van der Waals surface area contributed by atoms with Crippen LogP contribution in [0.3, 0.4) is 0 Å². The number of hydrogen-bond acceptors (Lipinski definition) is 6. The molecule has 0 spiro atoms. The van der Waals surface area contributed by atoms with Crippen LogP contribution in [-0.2, 0) is 24.1 Å². The highest BCUT2D eigenvalue weighted by Gasteiger charge is 2.28. The number of nitrogens with zero attached hydrogens (tertiary/aromatic N) is 4. The Hall–Kier alpha value is -2.87. The van der Waals surface area contributed by atoms with Gasteiger partial charge >= 0.3 is 6.09 Å². The van der Waals surface area contributed by atoms with Crippen molar-refractivity contribution in [3.05, 3.63) is 46.6 Å². The number of aromatic amines is 1. The Bertz CT molecular complexity index is 1040. The van der Waals surface area contributed by atoms with Crippen LogP contribution in [-0.4, -0.2) is 49.6 Å². The molecular weight excluding hydrogens is 404 g/mol. The van der Waals surface area contributed by atoms with Crippen LogP contribution in [0.25, 0.3) is 11.0 Å². The van der Waals surface area contributed by atoms with Crippen LogP contribution in [0.2, 0.25) is 5.28 Å². The maximum atomic E-state index is 12.5. The van der Waals surface area contributed by atoms with Gasteiger partial charge in [-0.3, -0.25) is 0 Å². The van der Waals surface area contributed by atoms with Crippen LogP contribution in [0.5, 0.6) is 0 Å². The van der Waals surface area contributed by atoms with Crippen LogP contribution in [0, 0.1) is 0 Å². The highest BCUT2D eigenvalue weighted by molar-refractivity contribution is 6.28. The predicted octanol–water partition coefficient (Wildman–Crippen LogP) is 3.95.